The first-order chi connectivity index (χ1) is 20.3. The standard InChI is InChI=1S/2C9H16N2.2C8H16O2/c2*1-3-5-9-10-6-8-11(9)7-4-2;2*1-2-3-4-5-6-7-8(9)10/h2*6,8H,3-5,7H2,1-2H3;2*2-7H2,1H3,(H,9,10). The number of carbonyl (C=O) groups excluding carboxylic acids is 2. The lowest BCUT2D eigenvalue weighted by Crippen LogP contribution is -2.35. The van der Waals surface area contributed by atoms with Crippen molar-refractivity contribution in [3.05, 3.63) is 36.4 Å². The number of hydrogen-bond donors (Lipinski definition) is 2. The van der Waals surface area contributed by atoms with Gasteiger partial charge in [0.2, 0.25) is 0 Å². The minimum Gasteiger partial charge on any atom is -0.550 e. The normalized spacial score (nSPS) is 10.0. The zero-order valence-corrected chi connectivity index (χ0v) is 28.0. The number of carboxylic acids is 2. The van der Waals surface area contributed by atoms with E-state index >= 15 is 0 Å². The van der Waals surface area contributed by atoms with Crippen LogP contribution in [0.3, 0.4) is 0 Å². The summed E-state index contributed by atoms with van der Waals surface area (Å²) in [5.41, 5.74) is 0. The topological polar surface area (TPSA) is 120 Å². The molecule has 0 amide bonds. The van der Waals surface area contributed by atoms with E-state index < -0.39 is 11.9 Å². The minimum atomic E-state index is -0.920. The van der Waals surface area contributed by atoms with Crippen molar-refractivity contribution in [3.8, 4) is 0 Å². The van der Waals surface area contributed by atoms with Gasteiger partial charge in [0.25, 0.3) is 11.6 Å². The van der Waals surface area contributed by atoms with E-state index in [0.717, 1.165) is 64.5 Å². The van der Waals surface area contributed by atoms with Crippen molar-refractivity contribution in [2.45, 2.75) is 170 Å². The summed E-state index contributed by atoms with van der Waals surface area (Å²) in [4.78, 5) is 26.4. The van der Waals surface area contributed by atoms with Gasteiger partial charge in [-0.25, -0.2) is 19.1 Å². The Hall–Kier alpha value is -2.64. The van der Waals surface area contributed by atoms with Crippen molar-refractivity contribution < 1.29 is 28.9 Å². The molecule has 0 bridgehead atoms. The Labute approximate surface area is 257 Å². The molecule has 2 heterocycles. The van der Waals surface area contributed by atoms with E-state index in [1.807, 2.05) is 12.4 Å². The number of imidazole rings is 2. The molecule has 2 aromatic rings. The molecule has 0 aliphatic heterocycles. The average Bonchev–Trinajstić information content (AvgIpc) is 3.59. The number of hydrogen-bond acceptors (Lipinski definition) is 4. The second kappa shape index (κ2) is 31.3. The van der Waals surface area contributed by atoms with Gasteiger partial charge in [0, 0.05) is 24.8 Å². The fourth-order valence-corrected chi connectivity index (χ4v) is 4.34. The first kappa shape index (κ1) is 41.5. The number of aromatic amines is 2. The molecule has 8 nitrogen and oxygen atoms in total. The molecule has 0 aliphatic carbocycles. The number of nitrogens with zero attached hydrogens (tertiary/aromatic N) is 2. The number of H-pyrrole nitrogens is 2. The van der Waals surface area contributed by atoms with Crippen molar-refractivity contribution in [2.24, 2.45) is 0 Å². The van der Waals surface area contributed by atoms with E-state index in [9.17, 15) is 19.8 Å². The molecule has 2 aromatic heterocycles. The number of aromatic nitrogens is 4. The number of carbonyl (C=O) groups is 2. The highest BCUT2D eigenvalue weighted by atomic mass is 16.4. The summed E-state index contributed by atoms with van der Waals surface area (Å²) in [7, 11) is 0. The van der Waals surface area contributed by atoms with Gasteiger partial charge >= 0.3 is 0 Å². The Bertz CT molecular complexity index is 752. The predicted molar refractivity (Wildman–Crippen MR) is 167 cm³/mol. The van der Waals surface area contributed by atoms with E-state index in [2.05, 4.69) is 73.0 Å². The van der Waals surface area contributed by atoms with Gasteiger partial charge in [-0.3, -0.25) is 0 Å². The van der Waals surface area contributed by atoms with Crippen LogP contribution in [-0.4, -0.2) is 21.9 Å². The summed E-state index contributed by atoms with van der Waals surface area (Å²) in [6.45, 7) is 15.4. The van der Waals surface area contributed by atoms with Gasteiger partial charge in [-0.2, -0.15) is 0 Å². The second-order valence-corrected chi connectivity index (χ2v) is 10.8. The van der Waals surface area contributed by atoms with Crippen LogP contribution in [0.2, 0.25) is 0 Å². The molecule has 0 unspecified atom stereocenters. The molecule has 42 heavy (non-hydrogen) atoms. The number of aryl methyl sites for hydroxylation is 4. The number of unbranched alkanes of at least 4 members (excludes halogenated alkanes) is 8. The fraction of sp³-hybridized carbons (Fsp3) is 0.765. The zero-order chi connectivity index (χ0) is 31.8. The molecule has 8 heteroatoms. The number of rotatable bonds is 20. The van der Waals surface area contributed by atoms with Gasteiger partial charge in [-0.1, -0.05) is 92.9 Å². The maximum atomic E-state index is 9.92. The van der Waals surface area contributed by atoms with Gasteiger partial charge in [0.05, 0.1) is 13.1 Å². The van der Waals surface area contributed by atoms with Gasteiger partial charge in [-0.05, 0) is 51.4 Å². The smallest absolute Gasteiger partial charge is 0.254 e. The molecular weight excluding hydrogens is 528 g/mol. The third-order valence-electron chi connectivity index (χ3n) is 6.57. The molecule has 0 saturated heterocycles. The molecule has 0 saturated carbocycles. The molecule has 0 atom stereocenters. The van der Waals surface area contributed by atoms with Crippen LogP contribution in [0.15, 0.2) is 24.8 Å². The van der Waals surface area contributed by atoms with Gasteiger partial charge < -0.3 is 19.8 Å². The molecule has 0 fully saturated rings. The van der Waals surface area contributed by atoms with E-state index in [1.54, 1.807) is 0 Å². The lowest BCUT2D eigenvalue weighted by molar-refractivity contribution is -0.703. The monoisotopic (exact) mass is 592 g/mol. The maximum absolute atomic E-state index is 9.92. The summed E-state index contributed by atoms with van der Waals surface area (Å²) < 4.78 is 4.59. The van der Waals surface area contributed by atoms with Crippen LogP contribution >= 0.6 is 0 Å². The largest absolute Gasteiger partial charge is 0.550 e. The minimum absolute atomic E-state index is 0.226. The van der Waals surface area contributed by atoms with Crippen LogP contribution in [0.5, 0.6) is 0 Å². The summed E-state index contributed by atoms with van der Waals surface area (Å²) in [6, 6.07) is 0. The van der Waals surface area contributed by atoms with Gasteiger partial charge in [0.15, 0.2) is 0 Å². The Morgan fingerprint density at radius 2 is 0.905 bits per heavy atom. The number of carboxylic acid groups (broad SMARTS) is 2. The predicted octanol–water partition coefficient (Wildman–Crippen LogP) is 5.52. The molecule has 0 radical (unpaired) electrons. The van der Waals surface area contributed by atoms with Crippen LogP contribution in [0, 0.1) is 0 Å². The Morgan fingerprint density at radius 1 is 0.548 bits per heavy atom. The van der Waals surface area contributed by atoms with E-state index in [1.165, 1.54) is 63.0 Å². The van der Waals surface area contributed by atoms with E-state index in [0.29, 0.717) is 0 Å². The lowest BCUT2D eigenvalue weighted by Gasteiger charge is -2.00. The Kier molecular flexibility index (Phi) is 30.9. The quantitative estimate of drug-likeness (QED) is 0.155. The maximum Gasteiger partial charge on any atom is 0.254 e. The first-order valence-electron chi connectivity index (χ1n) is 16.8. The molecule has 2 rings (SSSR count). The third kappa shape index (κ3) is 26.3. The van der Waals surface area contributed by atoms with Crippen molar-refractivity contribution in [3.63, 3.8) is 0 Å². The highest BCUT2D eigenvalue weighted by Gasteiger charge is 2.07. The SMILES string of the molecule is CCCCCCCC(=O)[O-].CCCCCCCC(=O)[O-].CCCc1[nH]cc[n+]1CCC.CCCc1[nH]cc[n+]1CCC. The average molecular weight is 593 g/mol. The molecule has 2 N–H and O–H groups in total. The molecule has 0 aromatic carbocycles. The van der Waals surface area contributed by atoms with Crippen molar-refractivity contribution in [1.82, 2.24) is 9.97 Å². The third-order valence-corrected chi connectivity index (χ3v) is 6.57. The highest BCUT2D eigenvalue weighted by molar-refractivity contribution is 5.64. The van der Waals surface area contributed by atoms with Crippen LogP contribution in [-0.2, 0) is 35.5 Å². The van der Waals surface area contributed by atoms with E-state index in [-0.39, 0.29) is 12.8 Å². The summed E-state index contributed by atoms with van der Waals surface area (Å²) >= 11 is 0. The zero-order valence-electron chi connectivity index (χ0n) is 28.0. The van der Waals surface area contributed by atoms with Crippen LogP contribution in [0.1, 0.15) is 156 Å². The Morgan fingerprint density at radius 3 is 1.19 bits per heavy atom. The second-order valence-electron chi connectivity index (χ2n) is 10.8. The molecule has 0 aliphatic rings. The molecule has 0 spiro atoms. The summed E-state index contributed by atoms with van der Waals surface area (Å²) in [5, 5.41) is 19.8. The molecule has 244 valence electrons. The summed E-state index contributed by atoms with van der Waals surface area (Å²) in [6.07, 6.45) is 26.6. The summed E-state index contributed by atoms with van der Waals surface area (Å²) in [5.74, 6) is 0.872. The number of aliphatic carboxylic acids is 2. The number of nitrogens with one attached hydrogen (secondary N) is 2. The molecular formula is C34H64N4O4. The van der Waals surface area contributed by atoms with Crippen LogP contribution in [0.4, 0.5) is 0 Å². The van der Waals surface area contributed by atoms with Crippen LogP contribution < -0.4 is 19.3 Å². The Balaban J connectivity index is 0. The highest BCUT2D eigenvalue weighted by Crippen LogP contribution is 2.04. The van der Waals surface area contributed by atoms with E-state index in [4.69, 9.17) is 0 Å². The lowest BCUT2D eigenvalue weighted by atomic mass is 10.1. The fourth-order valence-electron chi connectivity index (χ4n) is 4.34. The van der Waals surface area contributed by atoms with Crippen molar-refractivity contribution in [1.29, 1.82) is 0 Å². The first-order valence-corrected chi connectivity index (χ1v) is 16.8. The van der Waals surface area contributed by atoms with Gasteiger partial charge in [0.1, 0.15) is 24.8 Å². The van der Waals surface area contributed by atoms with Crippen LogP contribution in [0.25, 0.3) is 0 Å². The van der Waals surface area contributed by atoms with Crippen molar-refractivity contribution in [2.75, 3.05) is 0 Å². The van der Waals surface area contributed by atoms with Gasteiger partial charge in [-0.15, -0.1) is 0 Å². The van der Waals surface area contributed by atoms with Crippen molar-refractivity contribution >= 4 is 11.9 Å².